The monoisotopic (exact) mass is 313 g/mol. The number of carbonyl (C=O) groups excluding carboxylic acids is 2. The quantitative estimate of drug-likeness (QED) is 0.527. The predicted molar refractivity (Wildman–Crippen MR) is 78.4 cm³/mol. The Morgan fingerprint density at radius 1 is 1.22 bits per heavy atom. The highest BCUT2D eigenvalue weighted by atomic mass is 16.3. The summed E-state index contributed by atoms with van der Waals surface area (Å²) in [5.41, 5.74) is -0.717. The van der Waals surface area contributed by atoms with Crippen molar-refractivity contribution in [2.75, 3.05) is 0 Å². The number of rotatable bonds is 2. The second kappa shape index (κ2) is 5.13. The Hall–Kier alpha value is -3.36. The van der Waals surface area contributed by atoms with E-state index in [4.69, 9.17) is 0 Å². The van der Waals surface area contributed by atoms with Crippen LogP contribution in [0.1, 0.15) is 27.9 Å². The molecule has 0 fully saturated rings. The number of benzene rings is 1. The van der Waals surface area contributed by atoms with Crippen LogP contribution in [0, 0.1) is 0 Å². The van der Waals surface area contributed by atoms with Crippen LogP contribution in [0.4, 0.5) is 0 Å². The normalized spacial score (nSPS) is 10.9. The maximum Gasteiger partial charge on any atom is 0.265 e. The van der Waals surface area contributed by atoms with Gasteiger partial charge in [-0.25, -0.2) is 0 Å². The highest BCUT2D eigenvalue weighted by Gasteiger charge is 2.27. The van der Waals surface area contributed by atoms with E-state index in [0.717, 1.165) is 0 Å². The Bertz CT molecular complexity index is 1020. The zero-order valence-corrected chi connectivity index (χ0v) is 12.2. The van der Waals surface area contributed by atoms with Crippen LogP contribution in [-0.4, -0.2) is 41.6 Å². The van der Waals surface area contributed by atoms with Crippen LogP contribution < -0.4 is 5.56 Å². The van der Waals surface area contributed by atoms with Gasteiger partial charge in [0, 0.05) is 19.4 Å². The molecule has 0 saturated heterocycles. The van der Waals surface area contributed by atoms with Crippen molar-refractivity contribution in [2.45, 2.75) is 6.92 Å². The van der Waals surface area contributed by atoms with Gasteiger partial charge in [-0.3, -0.25) is 14.4 Å². The Kier molecular flexibility index (Phi) is 3.25. The molecule has 2 heterocycles. The molecular weight excluding hydrogens is 302 g/mol. The van der Waals surface area contributed by atoms with Gasteiger partial charge in [0.05, 0.1) is 5.52 Å². The van der Waals surface area contributed by atoms with Crippen molar-refractivity contribution >= 4 is 22.6 Å². The number of hydrogen-bond acceptors (Lipinski definition) is 7. The summed E-state index contributed by atoms with van der Waals surface area (Å²) in [6, 6.07) is 6.60. The molecule has 0 saturated carbocycles. The first-order chi connectivity index (χ1) is 10.9. The summed E-state index contributed by atoms with van der Waals surface area (Å²) in [7, 11) is 1.48. The van der Waals surface area contributed by atoms with Crippen molar-refractivity contribution in [1.29, 1.82) is 0 Å². The number of aromatic nitrogens is 5. The lowest BCUT2D eigenvalue weighted by Crippen LogP contribution is -2.27. The number of aryl methyl sites for hydroxylation is 1. The van der Waals surface area contributed by atoms with Gasteiger partial charge in [-0.1, -0.05) is 12.1 Å². The van der Waals surface area contributed by atoms with Crippen LogP contribution in [0.5, 0.6) is 5.75 Å². The lowest BCUT2D eigenvalue weighted by atomic mass is 10.1. The lowest BCUT2D eigenvalue weighted by molar-refractivity contribution is 0.0894. The molecule has 3 aromatic rings. The molecule has 23 heavy (non-hydrogen) atoms. The first-order valence-corrected chi connectivity index (χ1v) is 6.58. The molecule has 1 aromatic carbocycles. The zero-order chi connectivity index (χ0) is 16.7. The third-order valence-corrected chi connectivity index (χ3v) is 3.47. The Labute approximate surface area is 128 Å². The van der Waals surface area contributed by atoms with E-state index in [1.807, 2.05) is 0 Å². The van der Waals surface area contributed by atoms with Crippen molar-refractivity contribution in [1.82, 2.24) is 24.8 Å². The molecule has 9 heteroatoms. The molecule has 0 amide bonds. The van der Waals surface area contributed by atoms with E-state index in [1.54, 1.807) is 24.3 Å². The molecule has 1 N–H and O–H groups in total. The van der Waals surface area contributed by atoms with E-state index < -0.39 is 34.4 Å². The molecule has 0 radical (unpaired) electrons. The van der Waals surface area contributed by atoms with Gasteiger partial charge in [-0.05, 0) is 22.6 Å². The fraction of sp³-hybridized carbons (Fsp3) is 0.143. The van der Waals surface area contributed by atoms with Gasteiger partial charge in [-0.15, -0.1) is 5.10 Å². The number of tetrazole rings is 1. The average molecular weight is 313 g/mol. The second-order valence-electron chi connectivity index (χ2n) is 4.87. The van der Waals surface area contributed by atoms with Crippen LogP contribution in [0.3, 0.4) is 0 Å². The summed E-state index contributed by atoms with van der Waals surface area (Å²) in [5, 5.41) is 20.8. The van der Waals surface area contributed by atoms with E-state index in [1.165, 1.54) is 18.5 Å². The maximum atomic E-state index is 12.6. The second-order valence-corrected chi connectivity index (χ2v) is 4.87. The fourth-order valence-corrected chi connectivity index (χ4v) is 2.34. The standard InChI is InChI=1S/C14H11N5O4/c1-7(20)19-13(15-16-17-19)12(22)10-11(21)8-5-3-4-6-9(8)18(2)14(10)23/h3-6,21H,1-2H3. The number of hydrogen-bond donors (Lipinski definition) is 1. The van der Waals surface area contributed by atoms with Crippen molar-refractivity contribution in [3.63, 3.8) is 0 Å². The molecule has 0 aliphatic heterocycles. The molecule has 116 valence electrons. The van der Waals surface area contributed by atoms with Gasteiger partial charge < -0.3 is 9.67 Å². The van der Waals surface area contributed by atoms with Crippen LogP contribution in [0.25, 0.3) is 10.9 Å². The molecule has 3 rings (SSSR count). The molecule has 0 unspecified atom stereocenters. The van der Waals surface area contributed by atoms with Crippen molar-refractivity contribution in [3.8, 4) is 5.75 Å². The summed E-state index contributed by atoms with van der Waals surface area (Å²) in [5.74, 6) is -2.41. The van der Waals surface area contributed by atoms with E-state index in [0.29, 0.717) is 15.6 Å². The summed E-state index contributed by atoms with van der Waals surface area (Å²) >= 11 is 0. The van der Waals surface area contributed by atoms with Crippen molar-refractivity contribution in [3.05, 3.63) is 46.0 Å². The molecule has 0 aliphatic rings. The third kappa shape index (κ3) is 2.09. The Morgan fingerprint density at radius 2 is 1.91 bits per heavy atom. The number of fused-ring (bicyclic) bond motifs is 1. The van der Waals surface area contributed by atoms with E-state index in [-0.39, 0.29) is 0 Å². The topological polar surface area (TPSA) is 120 Å². The molecule has 2 aromatic heterocycles. The van der Waals surface area contributed by atoms with Crippen molar-refractivity contribution < 1.29 is 14.7 Å². The lowest BCUT2D eigenvalue weighted by Gasteiger charge is -2.10. The fourth-order valence-electron chi connectivity index (χ4n) is 2.34. The van der Waals surface area contributed by atoms with E-state index >= 15 is 0 Å². The first kappa shape index (κ1) is 14.6. The molecule has 0 spiro atoms. The minimum Gasteiger partial charge on any atom is -0.506 e. The average Bonchev–Trinajstić information content (AvgIpc) is 3.02. The van der Waals surface area contributed by atoms with Crippen LogP contribution >= 0.6 is 0 Å². The summed E-state index contributed by atoms with van der Waals surface area (Å²) in [6.07, 6.45) is 0. The zero-order valence-electron chi connectivity index (χ0n) is 12.2. The van der Waals surface area contributed by atoms with E-state index in [2.05, 4.69) is 15.5 Å². The number of carbonyl (C=O) groups is 2. The predicted octanol–water partition coefficient (Wildman–Crippen LogP) is 0.122. The highest BCUT2D eigenvalue weighted by molar-refractivity contribution is 6.12. The molecule has 0 bridgehead atoms. The molecule has 0 aliphatic carbocycles. The Morgan fingerprint density at radius 3 is 2.61 bits per heavy atom. The molecule has 9 nitrogen and oxygen atoms in total. The Balaban J connectivity index is 2.32. The number of pyridine rings is 1. The van der Waals surface area contributed by atoms with Crippen LogP contribution in [-0.2, 0) is 7.05 Å². The number of ketones is 1. The van der Waals surface area contributed by atoms with Gasteiger partial charge in [0.25, 0.3) is 5.56 Å². The third-order valence-electron chi connectivity index (χ3n) is 3.47. The smallest absolute Gasteiger partial charge is 0.265 e. The van der Waals surface area contributed by atoms with E-state index in [9.17, 15) is 19.5 Å². The maximum absolute atomic E-state index is 12.6. The SMILES string of the molecule is CC(=O)n1nnnc1C(=O)c1c(O)c2ccccc2n(C)c1=O. The largest absolute Gasteiger partial charge is 0.506 e. The van der Waals surface area contributed by atoms with Gasteiger partial charge in [0.2, 0.25) is 17.5 Å². The highest BCUT2D eigenvalue weighted by Crippen LogP contribution is 2.26. The molecule has 0 atom stereocenters. The number of nitrogens with zero attached hydrogens (tertiary/aromatic N) is 5. The van der Waals surface area contributed by atoms with Gasteiger partial charge >= 0.3 is 0 Å². The summed E-state index contributed by atoms with van der Waals surface area (Å²) in [4.78, 5) is 36.5. The van der Waals surface area contributed by atoms with Gasteiger partial charge in [0.15, 0.2) is 0 Å². The van der Waals surface area contributed by atoms with Crippen LogP contribution in [0.2, 0.25) is 0 Å². The minimum absolute atomic E-state index is 0.333. The minimum atomic E-state index is -0.922. The number of aromatic hydroxyl groups is 1. The first-order valence-electron chi connectivity index (χ1n) is 6.58. The van der Waals surface area contributed by atoms with Gasteiger partial charge in [0.1, 0.15) is 11.3 Å². The molecular formula is C14H11N5O4. The van der Waals surface area contributed by atoms with Gasteiger partial charge in [-0.2, -0.15) is 4.68 Å². The summed E-state index contributed by atoms with van der Waals surface area (Å²) < 4.78 is 1.92. The van der Waals surface area contributed by atoms with Crippen LogP contribution in [0.15, 0.2) is 29.1 Å². The van der Waals surface area contributed by atoms with Crippen molar-refractivity contribution in [2.24, 2.45) is 7.05 Å². The number of para-hydroxylation sites is 1. The summed E-state index contributed by atoms with van der Waals surface area (Å²) in [6.45, 7) is 1.17.